The van der Waals surface area contributed by atoms with E-state index in [1.807, 2.05) is 12.1 Å². The molecule has 0 bridgehead atoms. The molecule has 0 aliphatic heterocycles. The van der Waals surface area contributed by atoms with E-state index in [2.05, 4.69) is 15.3 Å². The minimum atomic E-state index is -0.537. The number of aromatic amines is 1. The second-order valence-corrected chi connectivity index (χ2v) is 5.66. The molecule has 7 heteroatoms. The van der Waals surface area contributed by atoms with Crippen molar-refractivity contribution in [2.45, 2.75) is 26.9 Å². The van der Waals surface area contributed by atoms with Gasteiger partial charge in [0.15, 0.2) is 5.69 Å². The number of amides is 1. The molecule has 1 aromatic carbocycles. The van der Waals surface area contributed by atoms with Crippen LogP contribution >= 0.6 is 11.6 Å². The Morgan fingerprint density at radius 1 is 1.43 bits per heavy atom. The molecule has 0 aliphatic rings. The molecule has 0 saturated carbocycles. The fraction of sp³-hybridized carbons (Fsp3) is 0.312. The average molecular weight is 336 g/mol. The van der Waals surface area contributed by atoms with Crippen LogP contribution < -0.4 is 5.32 Å². The molecule has 1 aromatic heterocycles. The van der Waals surface area contributed by atoms with Gasteiger partial charge in [0.1, 0.15) is 11.9 Å². The number of carbonyl (C=O) groups is 2. The molecule has 0 spiro atoms. The number of benzene rings is 1. The first-order valence-electron chi connectivity index (χ1n) is 7.14. The molecule has 23 heavy (non-hydrogen) atoms. The Kier molecular flexibility index (Phi) is 5.39. The number of hydrogen-bond acceptors (Lipinski definition) is 4. The SMILES string of the molecule is CC(=O)NC[C@@H](C)OC(=O)c1nc(-c2cccc(Cl)c2)[nH]c1C. The predicted molar refractivity (Wildman–Crippen MR) is 87.3 cm³/mol. The minimum Gasteiger partial charge on any atom is -0.456 e. The number of nitrogens with one attached hydrogen (secondary N) is 2. The number of halogens is 1. The summed E-state index contributed by atoms with van der Waals surface area (Å²) in [6.45, 7) is 5.11. The molecular formula is C16H18ClN3O3. The van der Waals surface area contributed by atoms with Crippen molar-refractivity contribution >= 4 is 23.5 Å². The lowest BCUT2D eigenvalue weighted by Gasteiger charge is -2.12. The van der Waals surface area contributed by atoms with Crippen LogP contribution in [0.4, 0.5) is 0 Å². The van der Waals surface area contributed by atoms with E-state index in [1.165, 1.54) is 6.92 Å². The molecule has 1 heterocycles. The van der Waals surface area contributed by atoms with Crippen LogP contribution in [0, 0.1) is 6.92 Å². The number of aromatic nitrogens is 2. The smallest absolute Gasteiger partial charge is 0.359 e. The number of ether oxygens (including phenoxy) is 1. The van der Waals surface area contributed by atoms with Gasteiger partial charge in [-0.2, -0.15) is 0 Å². The fourth-order valence-corrected chi connectivity index (χ4v) is 2.19. The van der Waals surface area contributed by atoms with Gasteiger partial charge < -0.3 is 15.0 Å². The van der Waals surface area contributed by atoms with E-state index in [0.29, 0.717) is 16.5 Å². The van der Waals surface area contributed by atoms with Crippen LogP contribution in [0.3, 0.4) is 0 Å². The highest BCUT2D eigenvalue weighted by Crippen LogP contribution is 2.22. The van der Waals surface area contributed by atoms with Crippen molar-refractivity contribution in [2.24, 2.45) is 0 Å². The maximum atomic E-state index is 12.2. The van der Waals surface area contributed by atoms with Gasteiger partial charge in [0.25, 0.3) is 0 Å². The lowest BCUT2D eigenvalue weighted by Crippen LogP contribution is -2.31. The van der Waals surface area contributed by atoms with E-state index in [9.17, 15) is 9.59 Å². The van der Waals surface area contributed by atoms with E-state index < -0.39 is 12.1 Å². The minimum absolute atomic E-state index is 0.174. The highest BCUT2D eigenvalue weighted by molar-refractivity contribution is 6.30. The average Bonchev–Trinajstić information content (AvgIpc) is 2.87. The predicted octanol–water partition coefficient (Wildman–Crippen LogP) is 2.72. The summed E-state index contributed by atoms with van der Waals surface area (Å²) in [6.07, 6.45) is -0.447. The fourth-order valence-electron chi connectivity index (χ4n) is 2.00. The summed E-state index contributed by atoms with van der Waals surface area (Å²) in [5.41, 5.74) is 1.61. The first kappa shape index (κ1) is 17.0. The molecular weight excluding hydrogens is 318 g/mol. The van der Waals surface area contributed by atoms with E-state index in [1.54, 1.807) is 26.0 Å². The zero-order chi connectivity index (χ0) is 17.0. The standard InChI is InChI=1S/C16H18ClN3O3/c1-9(8-18-11(3)21)23-16(22)14-10(2)19-15(20-14)12-5-4-6-13(17)7-12/h4-7,9H,8H2,1-3H3,(H,18,21)(H,19,20)/t9-/m1/s1. The molecule has 0 aliphatic carbocycles. The number of esters is 1. The molecule has 0 radical (unpaired) electrons. The largest absolute Gasteiger partial charge is 0.456 e. The summed E-state index contributed by atoms with van der Waals surface area (Å²) in [7, 11) is 0. The van der Waals surface area contributed by atoms with E-state index >= 15 is 0 Å². The van der Waals surface area contributed by atoms with Crippen LogP contribution in [0.5, 0.6) is 0 Å². The highest BCUT2D eigenvalue weighted by atomic mass is 35.5. The first-order chi connectivity index (χ1) is 10.9. The van der Waals surface area contributed by atoms with E-state index in [4.69, 9.17) is 16.3 Å². The highest BCUT2D eigenvalue weighted by Gasteiger charge is 2.19. The first-order valence-corrected chi connectivity index (χ1v) is 7.52. The van der Waals surface area contributed by atoms with E-state index in [0.717, 1.165) is 5.56 Å². The van der Waals surface area contributed by atoms with Crippen molar-refractivity contribution in [3.8, 4) is 11.4 Å². The van der Waals surface area contributed by atoms with Crippen LogP contribution in [0.15, 0.2) is 24.3 Å². The van der Waals surface area contributed by atoms with Gasteiger partial charge >= 0.3 is 5.97 Å². The lowest BCUT2D eigenvalue weighted by atomic mass is 10.2. The third-order valence-electron chi connectivity index (χ3n) is 3.12. The number of carbonyl (C=O) groups excluding carboxylic acids is 2. The van der Waals surface area contributed by atoms with Gasteiger partial charge in [-0.15, -0.1) is 0 Å². The summed E-state index contributed by atoms with van der Waals surface area (Å²) in [5, 5.41) is 3.18. The normalized spacial score (nSPS) is 11.8. The van der Waals surface area contributed by atoms with Crippen LogP contribution in [0.25, 0.3) is 11.4 Å². The van der Waals surface area contributed by atoms with Gasteiger partial charge in [0.2, 0.25) is 5.91 Å². The Bertz CT molecular complexity index is 727. The Morgan fingerprint density at radius 2 is 2.17 bits per heavy atom. The topological polar surface area (TPSA) is 84.1 Å². The van der Waals surface area contributed by atoms with Gasteiger partial charge in [-0.25, -0.2) is 9.78 Å². The Labute approximate surface area is 139 Å². The maximum Gasteiger partial charge on any atom is 0.359 e. The summed E-state index contributed by atoms with van der Waals surface area (Å²) in [5.74, 6) is -0.163. The van der Waals surface area contributed by atoms with Crippen LogP contribution in [-0.2, 0) is 9.53 Å². The maximum absolute atomic E-state index is 12.2. The molecule has 2 N–H and O–H groups in total. The van der Waals surface area contributed by atoms with Crippen molar-refractivity contribution in [1.29, 1.82) is 0 Å². The summed E-state index contributed by atoms with van der Waals surface area (Å²) in [4.78, 5) is 30.4. The van der Waals surface area contributed by atoms with Gasteiger partial charge in [-0.05, 0) is 26.0 Å². The molecule has 2 aromatic rings. The molecule has 122 valence electrons. The molecule has 6 nitrogen and oxygen atoms in total. The number of hydrogen-bond donors (Lipinski definition) is 2. The third-order valence-corrected chi connectivity index (χ3v) is 3.36. The lowest BCUT2D eigenvalue weighted by molar-refractivity contribution is -0.119. The Balaban J connectivity index is 2.11. The van der Waals surface area contributed by atoms with Crippen LogP contribution in [0.2, 0.25) is 5.02 Å². The summed E-state index contributed by atoms with van der Waals surface area (Å²) >= 11 is 5.97. The molecule has 2 rings (SSSR count). The zero-order valence-electron chi connectivity index (χ0n) is 13.1. The van der Waals surface area contributed by atoms with E-state index in [-0.39, 0.29) is 18.1 Å². The number of aryl methyl sites for hydroxylation is 1. The monoisotopic (exact) mass is 335 g/mol. The molecule has 0 fully saturated rings. The van der Waals surface area contributed by atoms with Gasteiger partial charge in [-0.1, -0.05) is 23.7 Å². The number of imidazole rings is 1. The second kappa shape index (κ2) is 7.28. The second-order valence-electron chi connectivity index (χ2n) is 5.22. The molecule has 0 saturated heterocycles. The zero-order valence-corrected chi connectivity index (χ0v) is 13.9. The third kappa shape index (κ3) is 4.56. The molecule has 1 amide bonds. The molecule has 0 unspecified atom stereocenters. The quantitative estimate of drug-likeness (QED) is 0.823. The van der Waals surface area contributed by atoms with Crippen LogP contribution in [0.1, 0.15) is 30.0 Å². The van der Waals surface area contributed by atoms with Gasteiger partial charge in [0.05, 0.1) is 6.54 Å². The number of rotatable bonds is 5. The molecule has 1 atom stereocenters. The summed E-state index contributed by atoms with van der Waals surface area (Å²) < 4.78 is 5.28. The summed E-state index contributed by atoms with van der Waals surface area (Å²) in [6, 6.07) is 7.18. The Morgan fingerprint density at radius 3 is 2.83 bits per heavy atom. The van der Waals surface area contributed by atoms with Crippen molar-refractivity contribution in [3.63, 3.8) is 0 Å². The van der Waals surface area contributed by atoms with Crippen molar-refractivity contribution < 1.29 is 14.3 Å². The number of nitrogens with zero attached hydrogens (tertiary/aromatic N) is 1. The number of H-pyrrole nitrogens is 1. The van der Waals surface area contributed by atoms with Crippen molar-refractivity contribution in [3.05, 3.63) is 40.7 Å². The van der Waals surface area contributed by atoms with Gasteiger partial charge in [0, 0.05) is 23.2 Å². The Hall–Kier alpha value is -2.34. The van der Waals surface area contributed by atoms with Crippen molar-refractivity contribution in [1.82, 2.24) is 15.3 Å². The van der Waals surface area contributed by atoms with Gasteiger partial charge in [-0.3, -0.25) is 4.79 Å². The van der Waals surface area contributed by atoms with Crippen LogP contribution in [-0.4, -0.2) is 34.5 Å². The van der Waals surface area contributed by atoms with Crippen molar-refractivity contribution in [2.75, 3.05) is 6.54 Å².